The van der Waals surface area contributed by atoms with Gasteiger partial charge in [0, 0.05) is 30.3 Å². The van der Waals surface area contributed by atoms with Gasteiger partial charge >= 0.3 is 5.97 Å². The number of aliphatic hydroxyl groups excluding tert-OH is 3. The Bertz CT molecular complexity index is 970. The normalized spacial score (nSPS) is 46.1. The Morgan fingerprint density at radius 1 is 1.17 bits per heavy atom. The van der Waals surface area contributed by atoms with E-state index in [1.54, 1.807) is 0 Å². The number of Topliss-reactive ketones (excluding diaryl/α,β-unsaturated/α-hetero) is 2. The average molecular weight is 491 g/mol. The van der Waals surface area contributed by atoms with E-state index in [1.165, 1.54) is 7.11 Å². The third kappa shape index (κ3) is 3.37. The minimum atomic E-state index is -0.985. The maximum Gasteiger partial charge on any atom is 0.305 e. The van der Waals surface area contributed by atoms with Crippen LogP contribution in [0.4, 0.5) is 0 Å². The second-order valence-electron chi connectivity index (χ2n) is 12.7. The molecule has 0 amide bonds. The van der Waals surface area contributed by atoms with E-state index < -0.39 is 33.9 Å². The molecule has 35 heavy (non-hydrogen) atoms. The van der Waals surface area contributed by atoms with Gasteiger partial charge in [-0.2, -0.15) is 0 Å². The van der Waals surface area contributed by atoms with Gasteiger partial charge in [-0.05, 0) is 66.8 Å². The van der Waals surface area contributed by atoms with Crippen molar-refractivity contribution in [2.24, 2.45) is 39.4 Å². The molecule has 9 atom stereocenters. The third-order valence-corrected chi connectivity index (χ3v) is 11.2. The van der Waals surface area contributed by atoms with Crippen LogP contribution < -0.4 is 0 Å². The fraction of sp³-hybridized carbons (Fsp3) is 0.821. The molecule has 0 bridgehead atoms. The van der Waals surface area contributed by atoms with E-state index in [4.69, 9.17) is 4.74 Å². The minimum Gasteiger partial charge on any atom is -0.469 e. The van der Waals surface area contributed by atoms with E-state index in [-0.39, 0.29) is 54.7 Å². The van der Waals surface area contributed by atoms with E-state index >= 15 is 0 Å². The Morgan fingerprint density at radius 3 is 2.43 bits per heavy atom. The molecule has 1 unspecified atom stereocenters. The summed E-state index contributed by atoms with van der Waals surface area (Å²) in [6, 6.07) is 0. The molecule has 4 aliphatic rings. The lowest BCUT2D eigenvalue weighted by Crippen LogP contribution is -2.62. The van der Waals surface area contributed by atoms with Crippen molar-refractivity contribution in [2.45, 2.75) is 91.8 Å². The summed E-state index contributed by atoms with van der Waals surface area (Å²) < 4.78 is 4.80. The van der Waals surface area contributed by atoms with Crippen LogP contribution in [0.25, 0.3) is 0 Å². The highest BCUT2D eigenvalue weighted by Gasteiger charge is 2.70. The quantitative estimate of drug-likeness (QED) is 0.507. The number of carbonyl (C=O) groups is 3. The molecule has 7 heteroatoms. The Balaban J connectivity index is 1.82. The number of hydrogen-bond acceptors (Lipinski definition) is 7. The monoisotopic (exact) mass is 490 g/mol. The summed E-state index contributed by atoms with van der Waals surface area (Å²) in [6.07, 6.45) is 1.01. The highest BCUT2D eigenvalue weighted by Crippen LogP contribution is 2.70. The first kappa shape index (κ1) is 26.5. The average Bonchev–Trinajstić information content (AvgIpc) is 3.02. The second-order valence-corrected chi connectivity index (χ2v) is 12.7. The number of ketones is 2. The predicted molar refractivity (Wildman–Crippen MR) is 129 cm³/mol. The first-order valence-electron chi connectivity index (χ1n) is 13.1. The van der Waals surface area contributed by atoms with Crippen LogP contribution in [0.5, 0.6) is 0 Å². The van der Waals surface area contributed by atoms with Crippen molar-refractivity contribution in [3.05, 3.63) is 11.1 Å². The van der Waals surface area contributed by atoms with E-state index in [0.29, 0.717) is 43.3 Å². The molecule has 0 aliphatic heterocycles. The Labute approximate surface area is 208 Å². The molecule has 0 spiro atoms. The van der Waals surface area contributed by atoms with Crippen molar-refractivity contribution in [2.75, 3.05) is 13.7 Å². The molecule has 0 aromatic heterocycles. The number of allylic oxidation sites excluding steroid dienone is 1. The number of methoxy groups -OCH3 is 1. The zero-order valence-electron chi connectivity index (χ0n) is 22.0. The van der Waals surface area contributed by atoms with Crippen LogP contribution in [0.2, 0.25) is 0 Å². The van der Waals surface area contributed by atoms with Gasteiger partial charge in [0.2, 0.25) is 0 Å². The zero-order chi connectivity index (χ0) is 26.1. The highest BCUT2D eigenvalue weighted by atomic mass is 16.5. The SMILES string of the molecule is COC(=O)CC[C@@H](C)[C@H]1CC(=O)[C@@]2(C)C3=C(C(=O)C[C@]12C)[C@@]1(C)CC[C@H](O)[C@](C)(CO)C1C[C@@H]3O. The summed E-state index contributed by atoms with van der Waals surface area (Å²) in [4.78, 5) is 39.6. The minimum absolute atomic E-state index is 0.0252. The van der Waals surface area contributed by atoms with Gasteiger partial charge in [-0.15, -0.1) is 0 Å². The lowest BCUT2D eigenvalue weighted by molar-refractivity contribution is -0.151. The van der Waals surface area contributed by atoms with Gasteiger partial charge in [-0.1, -0.05) is 27.7 Å². The Hall–Kier alpha value is -1.57. The van der Waals surface area contributed by atoms with E-state index in [1.807, 2.05) is 34.6 Å². The van der Waals surface area contributed by atoms with E-state index in [9.17, 15) is 29.7 Å². The van der Waals surface area contributed by atoms with Gasteiger partial charge in [0.25, 0.3) is 0 Å². The van der Waals surface area contributed by atoms with Crippen molar-refractivity contribution in [3.8, 4) is 0 Å². The lowest BCUT2D eigenvalue weighted by atomic mass is 9.42. The van der Waals surface area contributed by atoms with Gasteiger partial charge in [-0.3, -0.25) is 14.4 Å². The third-order valence-electron chi connectivity index (χ3n) is 11.2. The standard InChI is InChI=1S/C28H42O7/c1-15(7-8-22(34)35-6)16-11-21(33)28(5)24-17(30)12-19-25(2,10-9-20(32)26(19,3)14-29)23(24)18(31)13-27(16,28)4/h15-17,19-20,29-30,32H,7-14H2,1-6H3/t15-,16-,17+,19?,20+,25+,26-,27-,28+/m1/s1. The van der Waals surface area contributed by atoms with Crippen LogP contribution in [-0.4, -0.2) is 58.8 Å². The lowest BCUT2D eigenvalue weighted by Gasteiger charge is -2.62. The number of ether oxygens (including phenoxy) is 1. The topological polar surface area (TPSA) is 121 Å². The summed E-state index contributed by atoms with van der Waals surface area (Å²) in [5.74, 6) is -0.588. The number of hydrogen-bond donors (Lipinski definition) is 3. The molecular formula is C28H42O7. The zero-order valence-corrected chi connectivity index (χ0v) is 22.0. The Morgan fingerprint density at radius 2 is 1.83 bits per heavy atom. The molecule has 4 rings (SSSR count). The van der Waals surface area contributed by atoms with Crippen LogP contribution in [0.3, 0.4) is 0 Å². The molecule has 0 radical (unpaired) electrons. The van der Waals surface area contributed by atoms with Crippen LogP contribution in [0, 0.1) is 39.4 Å². The molecule has 4 aliphatic carbocycles. The largest absolute Gasteiger partial charge is 0.469 e. The number of aliphatic hydroxyl groups is 3. The summed E-state index contributed by atoms with van der Waals surface area (Å²) in [5, 5.41) is 32.6. The van der Waals surface area contributed by atoms with E-state index in [2.05, 4.69) is 0 Å². The summed E-state index contributed by atoms with van der Waals surface area (Å²) in [7, 11) is 1.36. The number of carbonyl (C=O) groups excluding carboxylic acids is 3. The highest BCUT2D eigenvalue weighted by molar-refractivity contribution is 6.05. The van der Waals surface area contributed by atoms with E-state index in [0.717, 1.165) is 0 Å². The predicted octanol–water partition coefficient (Wildman–Crippen LogP) is 2.99. The van der Waals surface area contributed by atoms with Gasteiger partial charge in [-0.25, -0.2) is 0 Å². The molecule has 196 valence electrons. The number of fused-ring (bicyclic) bond motifs is 4. The number of rotatable bonds is 5. The number of esters is 1. The van der Waals surface area contributed by atoms with Crippen molar-refractivity contribution < 1.29 is 34.4 Å². The molecule has 2 saturated carbocycles. The maximum atomic E-state index is 14.0. The fourth-order valence-corrected chi connectivity index (χ4v) is 8.80. The second kappa shape index (κ2) is 8.49. The molecule has 7 nitrogen and oxygen atoms in total. The molecule has 0 heterocycles. The van der Waals surface area contributed by atoms with Crippen LogP contribution in [0.1, 0.15) is 79.6 Å². The first-order valence-corrected chi connectivity index (χ1v) is 13.1. The smallest absolute Gasteiger partial charge is 0.305 e. The van der Waals surface area contributed by atoms with Crippen molar-refractivity contribution in [3.63, 3.8) is 0 Å². The molecule has 0 aromatic rings. The van der Waals surface area contributed by atoms with Gasteiger partial charge in [0.1, 0.15) is 5.78 Å². The van der Waals surface area contributed by atoms with Crippen LogP contribution in [0.15, 0.2) is 11.1 Å². The molecule has 2 fully saturated rings. The van der Waals surface area contributed by atoms with Gasteiger partial charge in [0.15, 0.2) is 5.78 Å². The van der Waals surface area contributed by atoms with Crippen LogP contribution in [-0.2, 0) is 19.1 Å². The van der Waals surface area contributed by atoms with Crippen molar-refractivity contribution in [1.82, 2.24) is 0 Å². The maximum absolute atomic E-state index is 14.0. The molecule has 0 saturated heterocycles. The summed E-state index contributed by atoms with van der Waals surface area (Å²) in [5.41, 5.74) is -1.93. The van der Waals surface area contributed by atoms with Gasteiger partial charge in [0.05, 0.1) is 31.3 Å². The van der Waals surface area contributed by atoms with Crippen molar-refractivity contribution in [1.29, 1.82) is 0 Å². The summed E-state index contributed by atoms with van der Waals surface area (Å²) in [6.45, 7) is 9.61. The molecule has 3 N–H and O–H groups in total. The van der Waals surface area contributed by atoms with Gasteiger partial charge < -0.3 is 20.1 Å². The fourth-order valence-electron chi connectivity index (χ4n) is 8.80. The molecule has 0 aromatic carbocycles. The Kier molecular flexibility index (Phi) is 6.43. The molecular weight excluding hydrogens is 448 g/mol. The van der Waals surface area contributed by atoms with Crippen molar-refractivity contribution >= 4 is 17.5 Å². The van der Waals surface area contributed by atoms with Crippen LogP contribution >= 0.6 is 0 Å². The summed E-state index contributed by atoms with van der Waals surface area (Å²) >= 11 is 0. The first-order chi connectivity index (χ1) is 16.2.